The van der Waals surface area contributed by atoms with Crippen LogP contribution in [-0.4, -0.2) is 55.5 Å². The van der Waals surface area contributed by atoms with Gasteiger partial charge in [-0.1, -0.05) is 0 Å². The number of ketones is 1. The van der Waals surface area contributed by atoms with E-state index in [1.54, 1.807) is 25.4 Å². The minimum atomic E-state index is -0.224. The molecule has 6 heteroatoms. The third-order valence-electron chi connectivity index (χ3n) is 5.12. The van der Waals surface area contributed by atoms with E-state index in [9.17, 15) is 9.18 Å². The molecule has 27 heavy (non-hydrogen) atoms. The minimum Gasteiger partial charge on any atom is -0.497 e. The number of aromatic amines is 1. The van der Waals surface area contributed by atoms with Crippen molar-refractivity contribution in [2.45, 2.75) is 0 Å². The number of rotatable bonds is 5. The molecular formula is C21H22FN3O2. The summed E-state index contributed by atoms with van der Waals surface area (Å²) in [6, 6.07) is 12.3. The third-order valence-corrected chi connectivity index (χ3v) is 5.12. The Bertz CT molecular complexity index is 944. The molecule has 0 unspecified atom stereocenters. The number of methoxy groups -OCH3 is 1. The number of nitrogens with zero attached hydrogens (tertiary/aromatic N) is 2. The van der Waals surface area contributed by atoms with Crippen LogP contribution in [0.1, 0.15) is 10.4 Å². The number of nitrogens with one attached hydrogen (secondary N) is 1. The maximum absolute atomic E-state index is 13.1. The Morgan fingerprint density at radius 3 is 2.56 bits per heavy atom. The zero-order chi connectivity index (χ0) is 18.8. The summed E-state index contributed by atoms with van der Waals surface area (Å²) in [5.41, 5.74) is 2.65. The van der Waals surface area contributed by atoms with Gasteiger partial charge in [-0.15, -0.1) is 0 Å². The van der Waals surface area contributed by atoms with Crippen molar-refractivity contribution in [1.29, 1.82) is 0 Å². The molecular weight excluding hydrogens is 345 g/mol. The average molecular weight is 367 g/mol. The van der Waals surface area contributed by atoms with Gasteiger partial charge in [-0.3, -0.25) is 9.69 Å². The first-order chi connectivity index (χ1) is 13.1. The normalized spacial score (nSPS) is 15.3. The van der Waals surface area contributed by atoms with E-state index in [0.29, 0.717) is 12.1 Å². The molecule has 0 radical (unpaired) electrons. The minimum absolute atomic E-state index is 0.102. The number of halogens is 1. The molecule has 0 atom stereocenters. The van der Waals surface area contributed by atoms with Crippen molar-refractivity contribution < 1.29 is 13.9 Å². The standard InChI is InChI=1S/C21H22FN3O2/c1-27-17-6-7-20-18(12-17)19(13-23-20)21(26)14-24-8-10-25(11-9-24)16-4-2-15(22)3-5-16/h2-7,12-13,23H,8-11,14H2,1H3. The molecule has 5 nitrogen and oxygen atoms in total. The van der Waals surface area contributed by atoms with Gasteiger partial charge in [-0.05, 0) is 42.5 Å². The molecule has 2 heterocycles. The highest BCUT2D eigenvalue weighted by Crippen LogP contribution is 2.24. The largest absolute Gasteiger partial charge is 0.497 e. The van der Waals surface area contributed by atoms with Gasteiger partial charge in [0.05, 0.1) is 13.7 Å². The van der Waals surface area contributed by atoms with Crippen LogP contribution in [0.3, 0.4) is 0 Å². The SMILES string of the molecule is COc1ccc2[nH]cc(C(=O)CN3CCN(c4ccc(F)cc4)CC3)c2c1. The number of carbonyl (C=O) groups is 1. The van der Waals surface area contributed by atoms with Crippen LogP contribution in [0.5, 0.6) is 5.75 Å². The lowest BCUT2D eigenvalue weighted by atomic mass is 10.1. The number of anilines is 1. The fourth-order valence-corrected chi connectivity index (χ4v) is 3.56. The van der Waals surface area contributed by atoms with E-state index in [1.807, 2.05) is 18.2 Å². The number of hydrogen-bond donors (Lipinski definition) is 1. The summed E-state index contributed by atoms with van der Waals surface area (Å²) in [6.07, 6.45) is 1.78. The average Bonchev–Trinajstić information content (AvgIpc) is 3.12. The Kier molecular flexibility index (Phi) is 4.81. The van der Waals surface area contributed by atoms with E-state index in [-0.39, 0.29) is 11.6 Å². The number of ether oxygens (including phenoxy) is 1. The molecule has 0 amide bonds. The Labute approximate surface area is 157 Å². The van der Waals surface area contributed by atoms with Gasteiger partial charge in [-0.2, -0.15) is 0 Å². The van der Waals surface area contributed by atoms with Crippen LogP contribution in [0.15, 0.2) is 48.7 Å². The topological polar surface area (TPSA) is 48.6 Å². The monoisotopic (exact) mass is 367 g/mol. The van der Waals surface area contributed by atoms with E-state index >= 15 is 0 Å². The number of piperazine rings is 1. The van der Waals surface area contributed by atoms with Crippen molar-refractivity contribution in [2.24, 2.45) is 0 Å². The van der Waals surface area contributed by atoms with Gasteiger partial charge in [0.2, 0.25) is 0 Å². The van der Waals surface area contributed by atoms with Crippen molar-refractivity contribution in [3.05, 3.63) is 60.0 Å². The molecule has 1 aromatic heterocycles. The lowest BCUT2D eigenvalue weighted by Gasteiger charge is -2.35. The fourth-order valence-electron chi connectivity index (χ4n) is 3.56. The molecule has 3 aromatic rings. The number of H-pyrrole nitrogens is 1. The lowest BCUT2D eigenvalue weighted by Crippen LogP contribution is -2.48. The van der Waals surface area contributed by atoms with Gasteiger partial charge in [0.15, 0.2) is 5.78 Å². The summed E-state index contributed by atoms with van der Waals surface area (Å²) >= 11 is 0. The summed E-state index contributed by atoms with van der Waals surface area (Å²) in [4.78, 5) is 20.4. The van der Waals surface area contributed by atoms with Crippen LogP contribution >= 0.6 is 0 Å². The van der Waals surface area contributed by atoms with Crippen molar-refractivity contribution in [1.82, 2.24) is 9.88 Å². The third kappa shape index (κ3) is 3.66. The summed E-state index contributed by atoms with van der Waals surface area (Å²) in [5.74, 6) is 0.618. The lowest BCUT2D eigenvalue weighted by molar-refractivity contribution is 0.0928. The van der Waals surface area contributed by atoms with Crippen molar-refractivity contribution in [2.75, 3.05) is 44.7 Å². The highest BCUT2D eigenvalue weighted by molar-refractivity contribution is 6.09. The predicted octanol–water partition coefficient (Wildman–Crippen LogP) is 3.32. The molecule has 1 aliphatic rings. The van der Waals surface area contributed by atoms with Crippen molar-refractivity contribution >= 4 is 22.4 Å². The Balaban J connectivity index is 1.40. The first-order valence-corrected chi connectivity index (χ1v) is 9.05. The molecule has 1 N–H and O–H groups in total. The van der Waals surface area contributed by atoms with Crippen molar-refractivity contribution in [3.63, 3.8) is 0 Å². The smallest absolute Gasteiger partial charge is 0.178 e. The van der Waals surface area contributed by atoms with Gasteiger partial charge < -0.3 is 14.6 Å². The fraction of sp³-hybridized carbons (Fsp3) is 0.286. The molecule has 1 saturated heterocycles. The summed E-state index contributed by atoms with van der Waals surface area (Å²) < 4.78 is 18.4. The molecule has 4 rings (SSSR count). The molecule has 140 valence electrons. The van der Waals surface area contributed by atoms with Crippen LogP contribution in [0, 0.1) is 5.82 Å². The van der Waals surface area contributed by atoms with Crippen LogP contribution in [0.2, 0.25) is 0 Å². The number of aromatic nitrogens is 1. The van der Waals surface area contributed by atoms with E-state index in [1.165, 1.54) is 12.1 Å². The molecule has 2 aromatic carbocycles. The van der Waals surface area contributed by atoms with E-state index in [4.69, 9.17) is 4.74 Å². The van der Waals surface area contributed by atoms with Gasteiger partial charge in [0.25, 0.3) is 0 Å². The Morgan fingerprint density at radius 2 is 1.85 bits per heavy atom. The summed E-state index contributed by atoms with van der Waals surface area (Å²) in [7, 11) is 1.62. The number of Topliss-reactive ketones (excluding diaryl/α,β-unsaturated/α-hetero) is 1. The van der Waals surface area contributed by atoms with Gasteiger partial charge >= 0.3 is 0 Å². The second-order valence-electron chi connectivity index (χ2n) is 6.78. The number of fused-ring (bicyclic) bond motifs is 1. The first-order valence-electron chi connectivity index (χ1n) is 9.05. The van der Waals surface area contributed by atoms with E-state index in [0.717, 1.165) is 48.5 Å². The van der Waals surface area contributed by atoms with Crippen LogP contribution in [-0.2, 0) is 0 Å². The second-order valence-corrected chi connectivity index (χ2v) is 6.78. The van der Waals surface area contributed by atoms with Crippen molar-refractivity contribution in [3.8, 4) is 5.75 Å². The Morgan fingerprint density at radius 1 is 1.11 bits per heavy atom. The molecule has 0 saturated carbocycles. The van der Waals surface area contributed by atoms with Gasteiger partial charge in [0, 0.05) is 54.5 Å². The van der Waals surface area contributed by atoms with Crippen LogP contribution in [0.4, 0.5) is 10.1 Å². The molecule has 0 spiro atoms. The number of benzene rings is 2. The quantitative estimate of drug-likeness (QED) is 0.703. The zero-order valence-corrected chi connectivity index (χ0v) is 15.2. The molecule has 1 aliphatic heterocycles. The molecule has 0 bridgehead atoms. The summed E-state index contributed by atoms with van der Waals surface area (Å²) in [5, 5.41) is 0.893. The Hall–Kier alpha value is -2.86. The summed E-state index contributed by atoms with van der Waals surface area (Å²) in [6.45, 7) is 3.63. The second kappa shape index (κ2) is 7.40. The van der Waals surface area contributed by atoms with E-state index in [2.05, 4.69) is 14.8 Å². The zero-order valence-electron chi connectivity index (χ0n) is 15.2. The number of hydrogen-bond acceptors (Lipinski definition) is 4. The maximum atomic E-state index is 13.1. The highest BCUT2D eigenvalue weighted by Gasteiger charge is 2.21. The molecule has 1 fully saturated rings. The number of carbonyl (C=O) groups excluding carboxylic acids is 1. The highest BCUT2D eigenvalue weighted by atomic mass is 19.1. The predicted molar refractivity (Wildman–Crippen MR) is 104 cm³/mol. The van der Waals surface area contributed by atoms with E-state index < -0.39 is 0 Å². The first kappa shape index (κ1) is 17.5. The molecule has 0 aliphatic carbocycles. The van der Waals surface area contributed by atoms with Gasteiger partial charge in [-0.25, -0.2) is 4.39 Å². The van der Waals surface area contributed by atoms with Crippen LogP contribution < -0.4 is 9.64 Å². The van der Waals surface area contributed by atoms with Gasteiger partial charge in [0.1, 0.15) is 11.6 Å². The van der Waals surface area contributed by atoms with Crippen LogP contribution in [0.25, 0.3) is 10.9 Å². The maximum Gasteiger partial charge on any atom is 0.178 e.